The van der Waals surface area contributed by atoms with Crippen LogP contribution in [0, 0.1) is 6.92 Å². The average molecular weight is 407 g/mol. The van der Waals surface area contributed by atoms with E-state index in [1.165, 1.54) is 0 Å². The number of hydrogen-bond acceptors (Lipinski definition) is 3. The Hall–Kier alpha value is -2.82. The molecule has 29 heavy (non-hydrogen) atoms. The predicted molar refractivity (Wildman–Crippen MR) is 119 cm³/mol. The lowest BCUT2D eigenvalue weighted by molar-refractivity contribution is 0.0527. The molecular weight excluding hydrogens is 384 g/mol. The number of rotatable bonds is 4. The van der Waals surface area contributed by atoms with Gasteiger partial charge in [0.25, 0.3) is 0 Å². The Morgan fingerprint density at radius 1 is 1.10 bits per heavy atom. The molecule has 0 saturated heterocycles. The highest BCUT2D eigenvalue weighted by atomic mass is 35.5. The molecule has 0 amide bonds. The third-order valence-electron chi connectivity index (χ3n) is 5.38. The molecule has 0 saturated carbocycles. The molecule has 2 N–H and O–H groups in total. The van der Waals surface area contributed by atoms with Crippen LogP contribution in [0.1, 0.15) is 28.5 Å². The number of esters is 1. The van der Waals surface area contributed by atoms with Gasteiger partial charge in [0.2, 0.25) is 0 Å². The molecule has 3 aromatic carbocycles. The minimum absolute atomic E-state index is 0.236. The molecule has 0 unspecified atom stereocenters. The van der Waals surface area contributed by atoms with Crippen LogP contribution in [0.25, 0.3) is 32.8 Å². The molecule has 0 aliphatic carbocycles. The van der Waals surface area contributed by atoms with Crippen LogP contribution in [0.5, 0.6) is 0 Å². The number of carbonyl (C=O) groups is 1. The first kappa shape index (κ1) is 19.5. The van der Waals surface area contributed by atoms with E-state index in [-0.39, 0.29) is 12.5 Å². The lowest BCUT2D eigenvalue weighted by atomic mass is 9.94. The van der Waals surface area contributed by atoms with Crippen molar-refractivity contribution in [3.63, 3.8) is 0 Å². The van der Waals surface area contributed by atoms with Gasteiger partial charge < -0.3 is 15.0 Å². The fraction of sp³-hybridized carbons (Fsp3) is 0.208. The van der Waals surface area contributed by atoms with E-state index in [0.717, 1.165) is 44.1 Å². The predicted octanol–water partition coefficient (Wildman–Crippen LogP) is 5.60. The highest BCUT2D eigenvalue weighted by Crippen LogP contribution is 2.39. The van der Waals surface area contributed by atoms with E-state index in [1.54, 1.807) is 6.92 Å². The van der Waals surface area contributed by atoms with Crippen LogP contribution >= 0.6 is 11.6 Å². The Labute approximate surface area is 174 Å². The fourth-order valence-corrected chi connectivity index (χ4v) is 4.33. The molecule has 0 spiro atoms. The number of benzene rings is 3. The molecule has 0 bridgehead atoms. The van der Waals surface area contributed by atoms with Gasteiger partial charge in [0.1, 0.15) is 0 Å². The van der Waals surface area contributed by atoms with Crippen molar-refractivity contribution >= 4 is 39.2 Å². The van der Waals surface area contributed by atoms with E-state index in [1.807, 2.05) is 35.9 Å². The van der Waals surface area contributed by atoms with Crippen molar-refractivity contribution in [2.75, 3.05) is 6.61 Å². The Balaban J connectivity index is 2.07. The second-order valence-corrected chi connectivity index (χ2v) is 7.60. The molecule has 0 radical (unpaired) electrons. The van der Waals surface area contributed by atoms with E-state index in [2.05, 4.69) is 31.2 Å². The molecule has 5 heteroatoms. The molecule has 1 aromatic heterocycles. The van der Waals surface area contributed by atoms with Gasteiger partial charge >= 0.3 is 5.97 Å². The summed E-state index contributed by atoms with van der Waals surface area (Å²) < 4.78 is 7.24. The van der Waals surface area contributed by atoms with E-state index in [0.29, 0.717) is 17.2 Å². The largest absolute Gasteiger partial charge is 0.462 e. The van der Waals surface area contributed by atoms with Crippen LogP contribution in [-0.4, -0.2) is 17.1 Å². The lowest BCUT2D eigenvalue weighted by Crippen LogP contribution is -2.12. The van der Waals surface area contributed by atoms with Crippen molar-refractivity contribution in [3.05, 3.63) is 70.4 Å². The Morgan fingerprint density at radius 3 is 2.59 bits per heavy atom. The molecule has 4 aromatic rings. The van der Waals surface area contributed by atoms with Gasteiger partial charge in [-0.15, -0.1) is 0 Å². The van der Waals surface area contributed by atoms with Crippen molar-refractivity contribution in [3.8, 4) is 11.1 Å². The maximum atomic E-state index is 12.7. The van der Waals surface area contributed by atoms with Crippen molar-refractivity contribution in [2.45, 2.75) is 20.4 Å². The summed E-state index contributed by atoms with van der Waals surface area (Å²) in [6, 6.07) is 16.4. The van der Waals surface area contributed by atoms with E-state index in [4.69, 9.17) is 22.1 Å². The van der Waals surface area contributed by atoms with Crippen LogP contribution in [-0.2, 0) is 18.3 Å². The molecule has 4 rings (SSSR count). The van der Waals surface area contributed by atoms with Crippen LogP contribution in [0.4, 0.5) is 0 Å². The molecule has 0 fully saturated rings. The zero-order chi connectivity index (χ0) is 20.7. The number of fused-ring (bicyclic) bond motifs is 2. The number of halogens is 1. The first-order valence-corrected chi connectivity index (χ1v) is 10.0. The number of carbonyl (C=O) groups excluding carboxylic acids is 1. The summed E-state index contributed by atoms with van der Waals surface area (Å²) in [5, 5.41) is 3.70. The number of aryl methyl sites for hydroxylation is 2. The zero-order valence-corrected chi connectivity index (χ0v) is 17.5. The summed E-state index contributed by atoms with van der Waals surface area (Å²) in [6.07, 6.45) is 0. The van der Waals surface area contributed by atoms with Gasteiger partial charge in [0, 0.05) is 30.2 Å². The third kappa shape index (κ3) is 3.18. The summed E-state index contributed by atoms with van der Waals surface area (Å²) in [5.74, 6) is -0.360. The van der Waals surface area contributed by atoms with Gasteiger partial charge in [-0.1, -0.05) is 48.0 Å². The third-order valence-corrected chi connectivity index (χ3v) is 5.69. The normalized spacial score (nSPS) is 11.3. The van der Waals surface area contributed by atoms with Crippen LogP contribution < -0.4 is 5.73 Å². The maximum Gasteiger partial charge on any atom is 0.340 e. The highest BCUT2D eigenvalue weighted by Gasteiger charge is 2.23. The smallest absolute Gasteiger partial charge is 0.340 e. The molecule has 0 atom stereocenters. The average Bonchev–Trinajstić information content (AvgIpc) is 2.98. The topological polar surface area (TPSA) is 57.2 Å². The van der Waals surface area contributed by atoms with E-state index < -0.39 is 0 Å². The van der Waals surface area contributed by atoms with Gasteiger partial charge in [0.05, 0.1) is 22.7 Å². The number of aromatic nitrogens is 1. The molecule has 0 aliphatic rings. The summed E-state index contributed by atoms with van der Waals surface area (Å²) >= 11 is 6.75. The lowest BCUT2D eigenvalue weighted by Gasteiger charge is -2.12. The van der Waals surface area contributed by atoms with Crippen LogP contribution in [0.15, 0.2) is 48.5 Å². The van der Waals surface area contributed by atoms with Gasteiger partial charge in [-0.05, 0) is 47.9 Å². The highest BCUT2D eigenvalue weighted by molar-refractivity contribution is 6.35. The number of hydrogen-bond donors (Lipinski definition) is 1. The molecule has 4 nitrogen and oxygen atoms in total. The number of ether oxygens (including phenoxy) is 1. The number of nitrogens with two attached hydrogens (primary N) is 1. The minimum Gasteiger partial charge on any atom is -0.462 e. The monoisotopic (exact) mass is 406 g/mol. The maximum absolute atomic E-state index is 12.7. The zero-order valence-electron chi connectivity index (χ0n) is 16.8. The standard InChI is InChI=1S/C24H23ClN2O2/c1-4-29-24(28)23-19-11-18(20(25)12-21(19)27(3)22(23)13-26)17-10-14(2)9-15-7-5-6-8-16(15)17/h5-12H,4,13,26H2,1-3H3. The Bertz CT molecular complexity index is 1260. The first-order chi connectivity index (χ1) is 14.0. The number of nitrogens with zero attached hydrogens (tertiary/aromatic N) is 1. The summed E-state index contributed by atoms with van der Waals surface area (Å²) in [7, 11) is 1.89. The van der Waals surface area contributed by atoms with Crippen molar-refractivity contribution in [1.29, 1.82) is 0 Å². The summed E-state index contributed by atoms with van der Waals surface area (Å²) in [4.78, 5) is 12.7. The SMILES string of the molecule is CCOC(=O)c1c(CN)n(C)c2cc(Cl)c(-c3cc(C)cc4ccccc34)cc12. The van der Waals surface area contributed by atoms with Gasteiger partial charge in [0.15, 0.2) is 0 Å². The quantitative estimate of drug-likeness (QED) is 0.449. The van der Waals surface area contributed by atoms with Gasteiger partial charge in [-0.3, -0.25) is 0 Å². The van der Waals surface area contributed by atoms with E-state index >= 15 is 0 Å². The fourth-order valence-electron chi connectivity index (χ4n) is 4.07. The van der Waals surface area contributed by atoms with Gasteiger partial charge in [-0.2, -0.15) is 0 Å². The first-order valence-electron chi connectivity index (χ1n) is 9.64. The summed E-state index contributed by atoms with van der Waals surface area (Å²) in [5.41, 5.74) is 11.2. The second-order valence-electron chi connectivity index (χ2n) is 7.19. The van der Waals surface area contributed by atoms with Gasteiger partial charge in [-0.25, -0.2) is 4.79 Å². The Kier molecular flexibility index (Phi) is 5.07. The molecular formula is C24H23ClN2O2. The van der Waals surface area contributed by atoms with Crippen molar-refractivity contribution in [2.24, 2.45) is 12.8 Å². The van der Waals surface area contributed by atoms with Crippen LogP contribution in [0.3, 0.4) is 0 Å². The minimum atomic E-state index is -0.360. The summed E-state index contributed by atoms with van der Waals surface area (Å²) in [6.45, 7) is 4.41. The van der Waals surface area contributed by atoms with E-state index in [9.17, 15) is 4.79 Å². The molecule has 0 aliphatic heterocycles. The Morgan fingerprint density at radius 2 is 1.86 bits per heavy atom. The molecule has 148 valence electrons. The van der Waals surface area contributed by atoms with Crippen molar-refractivity contribution in [1.82, 2.24) is 4.57 Å². The molecule has 1 heterocycles. The second kappa shape index (κ2) is 7.54. The van der Waals surface area contributed by atoms with Crippen molar-refractivity contribution < 1.29 is 9.53 Å². The van der Waals surface area contributed by atoms with Crippen LogP contribution in [0.2, 0.25) is 5.02 Å².